The van der Waals surface area contributed by atoms with E-state index in [0.29, 0.717) is 6.42 Å². The zero-order valence-electron chi connectivity index (χ0n) is 9.79. The molecule has 0 aromatic carbocycles. The molecule has 4 heteroatoms. The molecule has 1 rings (SSSR count). The van der Waals surface area contributed by atoms with Crippen LogP contribution in [0, 0.1) is 0 Å². The fraction of sp³-hybridized carbons (Fsp3) is 0.727. The van der Waals surface area contributed by atoms with Crippen molar-refractivity contribution in [2.75, 3.05) is 0 Å². The van der Waals surface area contributed by atoms with E-state index in [1.807, 2.05) is 19.9 Å². The van der Waals surface area contributed by atoms with Crippen LogP contribution in [0.15, 0.2) is 11.6 Å². The van der Waals surface area contributed by atoms with E-state index in [-0.39, 0.29) is 11.1 Å². The summed E-state index contributed by atoms with van der Waals surface area (Å²) in [5, 5.41) is 12.3. The predicted octanol–water partition coefficient (Wildman–Crippen LogP) is 0.875. The Morgan fingerprint density at radius 2 is 2.07 bits per heavy atom. The van der Waals surface area contributed by atoms with E-state index >= 15 is 0 Å². The molecule has 0 saturated heterocycles. The molecule has 0 aromatic rings. The fourth-order valence-electron chi connectivity index (χ4n) is 2.34. The number of hydrogen-bond acceptors (Lipinski definition) is 3. The van der Waals surface area contributed by atoms with Crippen molar-refractivity contribution in [2.24, 2.45) is 5.73 Å². The minimum Gasteiger partial charge on any atom is -0.480 e. The number of hydrogen-bond donors (Lipinski definition) is 3. The third-order valence-corrected chi connectivity index (χ3v) is 2.52. The normalized spacial score (nSPS) is 25.5. The van der Waals surface area contributed by atoms with Gasteiger partial charge in [-0.15, -0.1) is 0 Å². The monoisotopic (exact) mass is 212 g/mol. The van der Waals surface area contributed by atoms with E-state index < -0.39 is 12.0 Å². The van der Waals surface area contributed by atoms with Crippen molar-refractivity contribution in [1.29, 1.82) is 0 Å². The van der Waals surface area contributed by atoms with E-state index in [2.05, 4.69) is 19.2 Å². The number of nitrogens with one attached hydrogen (secondary N) is 1. The second-order valence-corrected chi connectivity index (χ2v) is 5.44. The molecular formula is C11H20N2O2. The average molecular weight is 212 g/mol. The number of aliphatic carboxylic acids is 1. The summed E-state index contributed by atoms with van der Waals surface area (Å²) in [6.07, 6.45) is 2.60. The topological polar surface area (TPSA) is 75.4 Å². The van der Waals surface area contributed by atoms with Gasteiger partial charge in [-0.3, -0.25) is 4.79 Å². The van der Waals surface area contributed by atoms with Crippen molar-refractivity contribution < 1.29 is 9.90 Å². The first-order chi connectivity index (χ1) is 6.63. The summed E-state index contributed by atoms with van der Waals surface area (Å²) in [6.45, 7) is 8.14. The van der Waals surface area contributed by atoms with Crippen LogP contribution < -0.4 is 11.1 Å². The van der Waals surface area contributed by atoms with Crippen LogP contribution in [-0.2, 0) is 4.79 Å². The van der Waals surface area contributed by atoms with Gasteiger partial charge >= 0.3 is 5.97 Å². The summed E-state index contributed by atoms with van der Waals surface area (Å²) in [5.41, 5.74) is 6.13. The quantitative estimate of drug-likeness (QED) is 0.594. The summed E-state index contributed by atoms with van der Waals surface area (Å²) in [7, 11) is 0. The fourth-order valence-corrected chi connectivity index (χ4v) is 2.34. The number of carbonyl (C=O) groups is 1. The van der Waals surface area contributed by atoms with Crippen LogP contribution in [0.5, 0.6) is 0 Å². The first-order valence-corrected chi connectivity index (χ1v) is 5.12. The van der Waals surface area contributed by atoms with Crippen LogP contribution in [0.2, 0.25) is 0 Å². The van der Waals surface area contributed by atoms with E-state index in [1.54, 1.807) is 0 Å². The van der Waals surface area contributed by atoms with E-state index in [4.69, 9.17) is 10.8 Å². The lowest BCUT2D eigenvalue weighted by atomic mass is 9.81. The van der Waals surface area contributed by atoms with Crippen molar-refractivity contribution in [2.45, 2.75) is 51.2 Å². The van der Waals surface area contributed by atoms with Crippen molar-refractivity contribution in [3.63, 3.8) is 0 Å². The molecule has 1 aliphatic heterocycles. The van der Waals surface area contributed by atoms with Crippen LogP contribution in [0.1, 0.15) is 34.1 Å². The predicted molar refractivity (Wildman–Crippen MR) is 59.6 cm³/mol. The Hall–Kier alpha value is -0.870. The van der Waals surface area contributed by atoms with E-state index in [0.717, 1.165) is 5.57 Å². The minimum atomic E-state index is -0.963. The average Bonchev–Trinajstić information content (AvgIpc) is 1.96. The molecule has 15 heavy (non-hydrogen) atoms. The van der Waals surface area contributed by atoms with Gasteiger partial charge in [-0.2, -0.15) is 0 Å². The van der Waals surface area contributed by atoms with Crippen LogP contribution in [0.3, 0.4) is 0 Å². The summed E-state index contributed by atoms with van der Waals surface area (Å²) >= 11 is 0. The Labute approximate surface area is 90.5 Å². The number of carboxylic acid groups (broad SMARTS) is 1. The molecule has 0 spiro atoms. The van der Waals surface area contributed by atoms with Gasteiger partial charge in [0.05, 0.1) is 0 Å². The zero-order valence-corrected chi connectivity index (χ0v) is 9.79. The molecule has 4 N–H and O–H groups in total. The number of carboxylic acids is 1. The molecular weight excluding hydrogens is 192 g/mol. The molecule has 0 aromatic heterocycles. The number of rotatable bonds is 2. The molecule has 1 aliphatic rings. The highest BCUT2D eigenvalue weighted by atomic mass is 16.4. The molecule has 1 atom stereocenters. The molecule has 0 aliphatic carbocycles. The molecule has 0 bridgehead atoms. The standard InChI is InChI=1S/C11H20N2O2/c1-10(2)5-7(8(12)9(14)15)6-11(3,4)13-10/h5,8,13H,6,12H2,1-4H3,(H,14,15). The van der Waals surface area contributed by atoms with Crippen molar-refractivity contribution >= 4 is 5.97 Å². The lowest BCUT2D eigenvalue weighted by Gasteiger charge is -2.42. The van der Waals surface area contributed by atoms with Gasteiger partial charge in [-0.25, -0.2) is 0 Å². The van der Waals surface area contributed by atoms with Crippen molar-refractivity contribution in [3.8, 4) is 0 Å². The molecule has 1 heterocycles. The molecule has 86 valence electrons. The molecule has 0 fully saturated rings. The van der Waals surface area contributed by atoms with Gasteiger partial charge < -0.3 is 16.2 Å². The molecule has 1 unspecified atom stereocenters. The Kier molecular flexibility index (Phi) is 2.94. The minimum absolute atomic E-state index is 0.110. The third-order valence-electron chi connectivity index (χ3n) is 2.52. The van der Waals surface area contributed by atoms with Gasteiger partial charge in [0.15, 0.2) is 0 Å². The van der Waals surface area contributed by atoms with Crippen molar-refractivity contribution in [3.05, 3.63) is 11.6 Å². The maximum Gasteiger partial charge on any atom is 0.324 e. The highest BCUT2D eigenvalue weighted by Gasteiger charge is 2.35. The zero-order chi connectivity index (χ0) is 11.9. The second-order valence-electron chi connectivity index (χ2n) is 5.44. The van der Waals surface area contributed by atoms with Crippen LogP contribution in [0.4, 0.5) is 0 Å². The lowest BCUT2D eigenvalue weighted by Crippen LogP contribution is -2.56. The van der Waals surface area contributed by atoms with Gasteiger partial charge in [0, 0.05) is 11.1 Å². The van der Waals surface area contributed by atoms with Gasteiger partial charge in [0.1, 0.15) is 6.04 Å². The second kappa shape index (κ2) is 3.61. The van der Waals surface area contributed by atoms with Gasteiger partial charge in [0.25, 0.3) is 0 Å². The Balaban J connectivity index is 2.99. The van der Waals surface area contributed by atoms with E-state index in [9.17, 15) is 4.79 Å². The Bertz CT molecular complexity index is 306. The smallest absolute Gasteiger partial charge is 0.324 e. The van der Waals surface area contributed by atoms with Gasteiger partial charge in [0.2, 0.25) is 0 Å². The van der Waals surface area contributed by atoms with Crippen LogP contribution >= 0.6 is 0 Å². The Morgan fingerprint density at radius 1 is 1.53 bits per heavy atom. The maximum absolute atomic E-state index is 10.8. The SMILES string of the molecule is CC1(C)C=C(C(N)C(=O)O)CC(C)(C)N1. The third kappa shape index (κ3) is 3.04. The lowest BCUT2D eigenvalue weighted by molar-refractivity contribution is -0.137. The van der Waals surface area contributed by atoms with Crippen molar-refractivity contribution in [1.82, 2.24) is 5.32 Å². The van der Waals surface area contributed by atoms with Crippen LogP contribution in [0.25, 0.3) is 0 Å². The highest BCUT2D eigenvalue weighted by molar-refractivity contribution is 5.77. The molecule has 0 saturated carbocycles. The first kappa shape index (κ1) is 12.2. The highest BCUT2D eigenvalue weighted by Crippen LogP contribution is 2.28. The Morgan fingerprint density at radius 3 is 2.47 bits per heavy atom. The summed E-state index contributed by atoms with van der Waals surface area (Å²) in [6, 6.07) is -0.884. The van der Waals surface area contributed by atoms with Gasteiger partial charge in [-0.05, 0) is 39.7 Å². The number of nitrogens with two attached hydrogens (primary N) is 1. The van der Waals surface area contributed by atoms with E-state index in [1.165, 1.54) is 0 Å². The molecule has 0 amide bonds. The van der Waals surface area contributed by atoms with Crippen LogP contribution in [-0.4, -0.2) is 28.2 Å². The summed E-state index contributed by atoms with van der Waals surface area (Å²) in [4.78, 5) is 10.8. The summed E-state index contributed by atoms with van der Waals surface area (Å²) in [5.74, 6) is -0.963. The molecule has 0 radical (unpaired) electrons. The maximum atomic E-state index is 10.8. The molecule has 4 nitrogen and oxygen atoms in total. The largest absolute Gasteiger partial charge is 0.480 e. The first-order valence-electron chi connectivity index (χ1n) is 5.12. The van der Waals surface area contributed by atoms with Gasteiger partial charge in [-0.1, -0.05) is 6.08 Å². The summed E-state index contributed by atoms with van der Waals surface area (Å²) < 4.78 is 0.